The maximum Gasteiger partial charge on any atom is 0.224 e. The van der Waals surface area contributed by atoms with E-state index in [-0.39, 0.29) is 11.9 Å². The number of hydrogen-bond donors (Lipinski definition) is 3. The molecule has 1 saturated carbocycles. The lowest BCUT2D eigenvalue weighted by atomic mass is 9.84. The Bertz CT molecular complexity index is 630. The molecule has 5 nitrogen and oxygen atoms in total. The highest BCUT2D eigenvalue weighted by Gasteiger charge is 2.24. The van der Waals surface area contributed by atoms with Gasteiger partial charge in [0.25, 0.3) is 0 Å². The van der Waals surface area contributed by atoms with E-state index in [2.05, 4.69) is 15.3 Å². The van der Waals surface area contributed by atoms with Crippen LogP contribution < -0.4 is 11.1 Å². The van der Waals surface area contributed by atoms with E-state index >= 15 is 0 Å². The zero-order valence-corrected chi connectivity index (χ0v) is 12.8. The van der Waals surface area contributed by atoms with Gasteiger partial charge in [0.1, 0.15) is 5.65 Å². The van der Waals surface area contributed by atoms with Crippen LogP contribution in [0.1, 0.15) is 37.7 Å². The van der Waals surface area contributed by atoms with E-state index in [1.54, 1.807) is 6.20 Å². The van der Waals surface area contributed by atoms with Crippen molar-refractivity contribution < 1.29 is 4.79 Å². The molecule has 0 bridgehead atoms. The predicted octanol–water partition coefficient (Wildman–Crippen LogP) is 2.13. The Labute approximate surface area is 130 Å². The molecule has 5 heteroatoms. The molecule has 2 heterocycles. The van der Waals surface area contributed by atoms with Gasteiger partial charge in [0.2, 0.25) is 5.91 Å². The summed E-state index contributed by atoms with van der Waals surface area (Å²) in [6, 6.07) is 3.99. The number of amides is 1. The Morgan fingerprint density at radius 2 is 2.23 bits per heavy atom. The highest BCUT2D eigenvalue weighted by molar-refractivity contribution is 5.87. The van der Waals surface area contributed by atoms with Crippen molar-refractivity contribution in [3.63, 3.8) is 0 Å². The predicted molar refractivity (Wildman–Crippen MR) is 87.4 cm³/mol. The van der Waals surface area contributed by atoms with Gasteiger partial charge < -0.3 is 16.0 Å². The average molecular weight is 300 g/mol. The first-order valence-corrected chi connectivity index (χ1v) is 8.18. The second-order valence-corrected chi connectivity index (χ2v) is 6.20. The van der Waals surface area contributed by atoms with Gasteiger partial charge in [0, 0.05) is 30.4 Å². The van der Waals surface area contributed by atoms with Crippen molar-refractivity contribution in [2.75, 3.05) is 6.54 Å². The van der Waals surface area contributed by atoms with Crippen LogP contribution in [0, 0.1) is 5.92 Å². The summed E-state index contributed by atoms with van der Waals surface area (Å²) < 4.78 is 0. The summed E-state index contributed by atoms with van der Waals surface area (Å²) in [5, 5.41) is 4.15. The molecule has 1 aliphatic rings. The maximum absolute atomic E-state index is 12.4. The minimum atomic E-state index is 0.0470. The fourth-order valence-corrected chi connectivity index (χ4v) is 3.50. The van der Waals surface area contributed by atoms with Crippen LogP contribution in [0.3, 0.4) is 0 Å². The molecule has 2 aromatic heterocycles. The molecule has 0 aromatic carbocycles. The Balaban J connectivity index is 1.63. The SMILES string of the molecule is NCC(NC(=O)Cc1c[nH]c2ncccc12)C1CCCCC1. The molecule has 2 aromatic rings. The number of aromatic nitrogens is 2. The first kappa shape index (κ1) is 15.0. The fourth-order valence-electron chi connectivity index (χ4n) is 3.50. The molecule has 0 saturated heterocycles. The van der Waals surface area contributed by atoms with Gasteiger partial charge >= 0.3 is 0 Å². The second-order valence-electron chi connectivity index (χ2n) is 6.20. The molecular weight excluding hydrogens is 276 g/mol. The van der Waals surface area contributed by atoms with Gasteiger partial charge in [-0.25, -0.2) is 4.98 Å². The topological polar surface area (TPSA) is 83.8 Å². The van der Waals surface area contributed by atoms with Crippen LogP contribution in [-0.2, 0) is 11.2 Å². The van der Waals surface area contributed by atoms with Crippen LogP contribution in [0.4, 0.5) is 0 Å². The second kappa shape index (κ2) is 6.92. The van der Waals surface area contributed by atoms with Gasteiger partial charge in [-0.3, -0.25) is 4.79 Å². The number of fused-ring (bicyclic) bond motifs is 1. The molecule has 1 aliphatic carbocycles. The van der Waals surface area contributed by atoms with Crippen LogP contribution in [0.5, 0.6) is 0 Å². The lowest BCUT2D eigenvalue weighted by molar-refractivity contribution is -0.121. The van der Waals surface area contributed by atoms with Crippen molar-refractivity contribution >= 4 is 16.9 Å². The highest BCUT2D eigenvalue weighted by Crippen LogP contribution is 2.26. The van der Waals surface area contributed by atoms with Gasteiger partial charge in [-0.2, -0.15) is 0 Å². The molecule has 1 unspecified atom stereocenters. The lowest BCUT2D eigenvalue weighted by Gasteiger charge is -2.30. The number of carbonyl (C=O) groups is 1. The number of H-pyrrole nitrogens is 1. The van der Waals surface area contributed by atoms with Gasteiger partial charge in [-0.1, -0.05) is 19.3 Å². The lowest BCUT2D eigenvalue weighted by Crippen LogP contribution is -2.46. The average Bonchev–Trinajstić information content (AvgIpc) is 2.96. The largest absolute Gasteiger partial charge is 0.352 e. The standard InChI is InChI=1S/C17H24N4O/c18-10-15(12-5-2-1-3-6-12)21-16(22)9-13-11-20-17-14(13)7-4-8-19-17/h4,7-8,11-12,15H,1-3,5-6,9-10,18H2,(H,19,20)(H,21,22). The number of aromatic amines is 1. The molecular formula is C17H24N4O. The van der Waals surface area contributed by atoms with E-state index in [0.29, 0.717) is 18.9 Å². The maximum atomic E-state index is 12.4. The van der Waals surface area contributed by atoms with E-state index in [0.717, 1.165) is 16.6 Å². The number of hydrogen-bond acceptors (Lipinski definition) is 3. The van der Waals surface area contributed by atoms with E-state index in [1.165, 1.54) is 32.1 Å². The minimum Gasteiger partial charge on any atom is -0.352 e. The van der Waals surface area contributed by atoms with E-state index < -0.39 is 0 Å². The zero-order valence-electron chi connectivity index (χ0n) is 12.8. The van der Waals surface area contributed by atoms with Crippen molar-refractivity contribution in [2.24, 2.45) is 11.7 Å². The monoisotopic (exact) mass is 300 g/mol. The minimum absolute atomic E-state index is 0.0470. The number of carbonyl (C=O) groups excluding carboxylic acids is 1. The number of pyridine rings is 1. The summed E-state index contributed by atoms with van der Waals surface area (Å²) in [4.78, 5) is 19.7. The van der Waals surface area contributed by atoms with E-state index in [1.807, 2.05) is 18.3 Å². The molecule has 1 fully saturated rings. The first-order chi connectivity index (χ1) is 10.8. The Morgan fingerprint density at radius 3 is 3.00 bits per heavy atom. The zero-order chi connectivity index (χ0) is 15.4. The molecule has 0 radical (unpaired) electrons. The molecule has 22 heavy (non-hydrogen) atoms. The first-order valence-electron chi connectivity index (χ1n) is 8.18. The van der Waals surface area contributed by atoms with Crippen molar-refractivity contribution in [3.8, 4) is 0 Å². The van der Waals surface area contributed by atoms with Crippen molar-refractivity contribution in [2.45, 2.75) is 44.6 Å². The molecule has 1 atom stereocenters. The van der Waals surface area contributed by atoms with Crippen LogP contribution >= 0.6 is 0 Å². The third-order valence-corrected chi connectivity index (χ3v) is 4.71. The summed E-state index contributed by atoms with van der Waals surface area (Å²) >= 11 is 0. The molecule has 0 aliphatic heterocycles. The summed E-state index contributed by atoms with van der Waals surface area (Å²) in [5.41, 5.74) is 7.70. The van der Waals surface area contributed by atoms with Gasteiger partial charge in [-0.15, -0.1) is 0 Å². The Morgan fingerprint density at radius 1 is 1.41 bits per heavy atom. The summed E-state index contributed by atoms with van der Waals surface area (Å²) in [6.07, 6.45) is 10.2. The van der Waals surface area contributed by atoms with Crippen LogP contribution in [-0.4, -0.2) is 28.5 Å². The number of nitrogens with zero attached hydrogens (tertiary/aromatic N) is 1. The summed E-state index contributed by atoms with van der Waals surface area (Å²) in [6.45, 7) is 0.520. The summed E-state index contributed by atoms with van der Waals surface area (Å²) in [5.74, 6) is 0.582. The van der Waals surface area contributed by atoms with Gasteiger partial charge in [0.05, 0.1) is 6.42 Å². The van der Waals surface area contributed by atoms with Crippen molar-refractivity contribution in [3.05, 3.63) is 30.1 Å². The smallest absolute Gasteiger partial charge is 0.224 e. The number of rotatable bonds is 5. The van der Waals surface area contributed by atoms with Crippen LogP contribution in [0.15, 0.2) is 24.5 Å². The van der Waals surface area contributed by atoms with Crippen LogP contribution in [0.2, 0.25) is 0 Å². The van der Waals surface area contributed by atoms with Crippen molar-refractivity contribution in [1.29, 1.82) is 0 Å². The van der Waals surface area contributed by atoms with Crippen LogP contribution in [0.25, 0.3) is 11.0 Å². The molecule has 1 amide bonds. The Kier molecular flexibility index (Phi) is 4.73. The molecule has 3 rings (SSSR count). The number of nitrogens with two attached hydrogens (primary N) is 1. The fraction of sp³-hybridized carbons (Fsp3) is 0.529. The summed E-state index contributed by atoms with van der Waals surface area (Å²) in [7, 11) is 0. The van der Waals surface area contributed by atoms with E-state index in [9.17, 15) is 4.79 Å². The molecule has 118 valence electrons. The van der Waals surface area contributed by atoms with E-state index in [4.69, 9.17) is 5.73 Å². The third-order valence-electron chi connectivity index (χ3n) is 4.71. The molecule has 4 N–H and O–H groups in total. The highest BCUT2D eigenvalue weighted by atomic mass is 16.1. The van der Waals surface area contributed by atoms with Crippen molar-refractivity contribution in [1.82, 2.24) is 15.3 Å². The molecule has 0 spiro atoms. The normalized spacial score (nSPS) is 17.5. The quantitative estimate of drug-likeness (QED) is 0.791. The Hall–Kier alpha value is -1.88. The third kappa shape index (κ3) is 3.30. The van der Waals surface area contributed by atoms with Gasteiger partial charge in [0.15, 0.2) is 0 Å². The number of nitrogens with one attached hydrogen (secondary N) is 2. The van der Waals surface area contributed by atoms with Gasteiger partial charge in [-0.05, 0) is 36.5 Å².